The van der Waals surface area contributed by atoms with Gasteiger partial charge in [0, 0.05) is 25.2 Å². The molecule has 1 aromatic carbocycles. The molecule has 3 aliphatic heterocycles. The van der Waals surface area contributed by atoms with Crippen LogP contribution in [0.3, 0.4) is 0 Å². The van der Waals surface area contributed by atoms with Crippen molar-refractivity contribution in [3.05, 3.63) is 35.1 Å². The first kappa shape index (κ1) is 19.2. The summed E-state index contributed by atoms with van der Waals surface area (Å²) in [7, 11) is 0. The summed E-state index contributed by atoms with van der Waals surface area (Å²) in [5, 5.41) is 9.36. The molecule has 2 bridgehead atoms. The number of carbonyl (C=O) groups is 2. The Bertz CT molecular complexity index is 1010. The quantitative estimate of drug-likeness (QED) is 0.778. The van der Waals surface area contributed by atoms with Crippen LogP contribution in [0, 0.1) is 23.1 Å². The van der Waals surface area contributed by atoms with Crippen LogP contribution < -0.4 is 5.73 Å². The molecule has 2 aliphatic carbocycles. The van der Waals surface area contributed by atoms with E-state index < -0.39 is 6.04 Å². The summed E-state index contributed by atoms with van der Waals surface area (Å²) in [6.07, 6.45) is 4.11. The van der Waals surface area contributed by atoms with Crippen LogP contribution in [0.1, 0.15) is 42.9 Å². The van der Waals surface area contributed by atoms with Gasteiger partial charge in [-0.1, -0.05) is 6.07 Å². The zero-order valence-corrected chi connectivity index (χ0v) is 17.3. The fourth-order valence-corrected chi connectivity index (χ4v) is 6.56. The normalized spacial score (nSPS) is 36.5. The molecule has 4 fully saturated rings. The molecule has 1 unspecified atom stereocenters. The van der Waals surface area contributed by atoms with Gasteiger partial charge in [0.15, 0.2) is 0 Å². The van der Waals surface area contributed by atoms with Crippen LogP contribution in [-0.2, 0) is 16.0 Å². The fraction of sp³-hybridized carbons (Fsp3) is 0.609. The Morgan fingerprint density at radius 1 is 1.29 bits per heavy atom. The molecule has 7 atom stereocenters. The first-order valence-electron chi connectivity index (χ1n) is 11.3. The Labute approximate surface area is 180 Å². The standard InChI is InChI=1S/C23H26FN5O2/c24-14-2-3-17-12(5-14)1-4-19(17)29-16-8-21(23(29)31)27(10-16)11-18(26)22(30)28-15(9-25)6-13-7-20(13)28/h2-3,5,13,15-16,18-21H,1,4,6-8,10-11,26H2/t13-,15+,16-,18+,19-,20?,21-/m1/s1. The first-order chi connectivity index (χ1) is 15.0. The number of nitriles is 1. The molecule has 31 heavy (non-hydrogen) atoms. The highest BCUT2D eigenvalue weighted by Gasteiger charge is 2.56. The molecular formula is C23H26FN5O2. The van der Waals surface area contributed by atoms with E-state index in [-0.39, 0.29) is 47.8 Å². The number of nitrogens with zero attached hydrogens (tertiary/aromatic N) is 4. The number of halogens is 1. The minimum absolute atomic E-state index is 0.0170. The molecule has 162 valence electrons. The lowest BCUT2D eigenvalue weighted by atomic mass is 10.1. The van der Waals surface area contributed by atoms with Crippen molar-refractivity contribution >= 4 is 11.8 Å². The average Bonchev–Trinajstić information content (AvgIpc) is 3.08. The Balaban J connectivity index is 1.13. The van der Waals surface area contributed by atoms with Crippen LogP contribution in [0.5, 0.6) is 0 Å². The number of aryl methyl sites for hydroxylation is 1. The number of hydrogen-bond acceptors (Lipinski definition) is 5. The van der Waals surface area contributed by atoms with Crippen molar-refractivity contribution in [2.24, 2.45) is 11.7 Å². The topological polar surface area (TPSA) is 93.7 Å². The third-order valence-electron chi connectivity index (χ3n) is 8.06. The number of carbonyl (C=O) groups excluding carboxylic acids is 2. The number of fused-ring (bicyclic) bond motifs is 4. The molecule has 0 radical (unpaired) electrons. The van der Waals surface area contributed by atoms with Gasteiger partial charge in [-0.2, -0.15) is 5.26 Å². The van der Waals surface area contributed by atoms with Gasteiger partial charge < -0.3 is 15.5 Å². The van der Waals surface area contributed by atoms with Crippen molar-refractivity contribution in [1.29, 1.82) is 5.26 Å². The van der Waals surface area contributed by atoms with E-state index in [1.54, 1.807) is 11.0 Å². The van der Waals surface area contributed by atoms with Gasteiger partial charge >= 0.3 is 0 Å². The molecule has 1 saturated carbocycles. The predicted molar refractivity (Wildman–Crippen MR) is 109 cm³/mol. The molecular weight excluding hydrogens is 397 g/mol. The number of piperazine rings is 1. The van der Waals surface area contributed by atoms with E-state index >= 15 is 0 Å². The summed E-state index contributed by atoms with van der Waals surface area (Å²) in [5.74, 6) is 0.168. The lowest BCUT2D eigenvalue weighted by Gasteiger charge is -2.38. The number of nitrogens with two attached hydrogens (primary N) is 1. The van der Waals surface area contributed by atoms with Crippen molar-refractivity contribution in [2.45, 2.75) is 68.4 Å². The van der Waals surface area contributed by atoms with E-state index in [0.717, 1.165) is 43.2 Å². The summed E-state index contributed by atoms with van der Waals surface area (Å²) >= 11 is 0. The third-order valence-corrected chi connectivity index (χ3v) is 8.06. The fourth-order valence-electron chi connectivity index (χ4n) is 6.56. The van der Waals surface area contributed by atoms with Crippen molar-refractivity contribution in [1.82, 2.24) is 14.7 Å². The molecule has 3 heterocycles. The van der Waals surface area contributed by atoms with Gasteiger partial charge in [-0.25, -0.2) is 4.39 Å². The van der Waals surface area contributed by atoms with Gasteiger partial charge in [0.1, 0.15) is 11.9 Å². The molecule has 3 saturated heterocycles. The van der Waals surface area contributed by atoms with Crippen molar-refractivity contribution in [2.75, 3.05) is 13.1 Å². The number of rotatable bonds is 4. The number of benzene rings is 1. The van der Waals surface area contributed by atoms with E-state index in [1.165, 1.54) is 6.07 Å². The van der Waals surface area contributed by atoms with Crippen molar-refractivity contribution < 1.29 is 14.0 Å². The molecule has 2 amide bonds. The Hall–Kier alpha value is -2.50. The summed E-state index contributed by atoms with van der Waals surface area (Å²) in [4.78, 5) is 31.9. The maximum atomic E-state index is 13.6. The van der Waals surface area contributed by atoms with Gasteiger partial charge in [0.2, 0.25) is 11.8 Å². The van der Waals surface area contributed by atoms with E-state index in [9.17, 15) is 19.2 Å². The van der Waals surface area contributed by atoms with E-state index in [2.05, 4.69) is 11.0 Å². The van der Waals surface area contributed by atoms with E-state index in [1.807, 2.05) is 11.0 Å². The number of hydrogen-bond donors (Lipinski definition) is 1. The van der Waals surface area contributed by atoms with Crippen LogP contribution in [0.25, 0.3) is 0 Å². The van der Waals surface area contributed by atoms with Crippen LogP contribution in [-0.4, -0.2) is 69.8 Å². The largest absolute Gasteiger partial charge is 0.330 e. The highest BCUT2D eigenvalue weighted by atomic mass is 19.1. The minimum atomic E-state index is -0.717. The molecule has 1 aromatic rings. The van der Waals surface area contributed by atoms with Crippen molar-refractivity contribution in [3.63, 3.8) is 0 Å². The zero-order chi connectivity index (χ0) is 21.4. The summed E-state index contributed by atoms with van der Waals surface area (Å²) in [5.41, 5.74) is 8.35. The number of piperidine rings is 1. The maximum absolute atomic E-state index is 13.6. The number of amides is 2. The summed E-state index contributed by atoms with van der Waals surface area (Å²) in [6, 6.07) is 6.11. The SMILES string of the molecule is N#C[C@@H]1C[C@@H]2CC2N1C(=O)[C@@H](N)CN1C[C@H]2C[C@@H]1C(=O)N2[C@@H]1CCc2cc(F)ccc21. The van der Waals surface area contributed by atoms with Crippen molar-refractivity contribution in [3.8, 4) is 6.07 Å². The lowest BCUT2D eigenvalue weighted by molar-refractivity contribution is -0.141. The minimum Gasteiger partial charge on any atom is -0.330 e. The van der Waals surface area contributed by atoms with E-state index in [4.69, 9.17) is 5.73 Å². The van der Waals surface area contributed by atoms with Gasteiger partial charge in [0.05, 0.1) is 24.2 Å². The molecule has 8 heteroatoms. The van der Waals surface area contributed by atoms with Gasteiger partial charge in [0.25, 0.3) is 0 Å². The van der Waals surface area contributed by atoms with Crippen LogP contribution in [0.2, 0.25) is 0 Å². The smallest absolute Gasteiger partial charge is 0.242 e. The highest BCUT2D eigenvalue weighted by molar-refractivity contribution is 5.87. The lowest BCUT2D eigenvalue weighted by Crippen LogP contribution is -2.57. The first-order valence-corrected chi connectivity index (χ1v) is 11.3. The van der Waals surface area contributed by atoms with Gasteiger partial charge in [-0.15, -0.1) is 0 Å². The molecule has 5 aliphatic rings. The molecule has 2 N–H and O–H groups in total. The highest BCUT2D eigenvalue weighted by Crippen LogP contribution is 2.48. The molecule has 0 spiro atoms. The third kappa shape index (κ3) is 2.83. The van der Waals surface area contributed by atoms with E-state index in [0.29, 0.717) is 19.0 Å². The Morgan fingerprint density at radius 2 is 2.13 bits per heavy atom. The second-order valence-electron chi connectivity index (χ2n) is 9.80. The van der Waals surface area contributed by atoms with Crippen LogP contribution >= 0.6 is 0 Å². The summed E-state index contributed by atoms with van der Waals surface area (Å²) < 4.78 is 13.6. The molecule has 0 aromatic heterocycles. The predicted octanol–water partition coefficient (Wildman–Crippen LogP) is 0.938. The van der Waals surface area contributed by atoms with Gasteiger partial charge in [-0.05, 0) is 61.3 Å². The van der Waals surface area contributed by atoms with Gasteiger partial charge in [-0.3, -0.25) is 14.5 Å². The molecule has 6 rings (SSSR count). The second-order valence-corrected chi connectivity index (χ2v) is 9.80. The number of likely N-dealkylation sites (tertiary alicyclic amines) is 3. The van der Waals surface area contributed by atoms with Crippen LogP contribution in [0.4, 0.5) is 4.39 Å². The second kappa shape index (κ2) is 6.75. The average molecular weight is 423 g/mol. The van der Waals surface area contributed by atoms with Crippen LogP contribution in [0.15, 0.2) is 18.2 Å². The zero-order valence-electron chi connectivity index (χ0n) is 17.3. The Kier molecular flexibility index (Phi) is 4.18. The molecule has 7 nitrogen and oxygen atoms in total. The Morgan fingerprint density at radius 3 is 2.90 bits per heavy atom. The summed E-state index contributed by atoms with van der Waals surface area (Å²) in [6.45, 7) is 1.05. The monoisotopic (exact) mass is 423 g/mol. The maximum Gasteiger partial charge on any atom is 0.242 e.